The molecule has 0 aromatic rings. The van der Waals surface area contributed by atoms with Gasteiger partial charge in [0.1, 0.15) is 0 Å². The normalized spacial score (nSPS) is 0. The zero-order valence-corrected chi connectivity index (χ0v) is 5.50. The van der Waals surface area contributed by atoms with Crippen molar-refractivity contribution in [1.29, 1.82) is 0 Å². The molecule has 0 rings (SSSR count). The second kappa shape index (κ2) is 37.7. The van der Waals surface area contributed by atoms with Crippen LogP contribution in [0.15, 0.2) is 0 Å². The van der Waals surface area contributed by atoms with E-state index < -0.39 is 0 Å². The summed E-state index contributed by atoms with van der Waals surface area (Å²) >= 11 is 0. The van der Waals surface area contributed by atoms with Crippen molar-refractivity contribution in [3.8, 4) is 0 Å². The molecule has 5 heteroatoms. The standard InChI is InChI=1S/2Cu.2Ni.O/q2*+1;;;-2. The molecule has 48 valence electrons. The van der Waals surface area contributed by atoms with E-state index in [1.54, 1.807) is 0 Å². The summed E-state index contributed by atoms with van der Waals surface area (Å²) in [6.07, 6.45) is 0. The van der Waals surface area contributed by atoms with Gasteiger partial charge >= 0.3 is 34.1 Å². The van der Waals surface area contributed by atoms with Gasteiger partial charge in [-0.3, -0.25) is 0 Å². The second-order valence-corrected chi connectivity index (χ2v) is 0. The molecule has 0 aliphatic rings. The third-order valence-electron chi connectivity index (χ3n) is 0. The number of hydrogen-bond donors (Lipinski definition) is 0. The van der Waals surface area contributed by atoms with Gasteiger partial charge in [-0.2, -0.15) is 0 Å². The molecule has 1 nitrogen and oxygen atoms in total. The Bertz CT molecular complexity index is 7.61. The van der Waals surface area contributed by atoms with Crippen molar-refractivity contribution in [2.75, 3.05) is 0 Å². The van der Waals surface area contributed by atoms with Crippen molar-refractivity contribution in [1.82, 2.24) is 0 Å². The van der Waals surface area contributed by atoms with Crippen LogP contribution in [0, 0.1) is 0 Å². The van der Waals surface area contributed by atoms with Gasteiger partial charge in [-0.15, -0.1) is 0 Å². The van der Waals surface area contributed by atoms with Gasteiger partial charge in [0, 0.05) is 33.0 Å². The predicted octanol–water partition coefficient (Wildman–Crippen LogP) is -0.129. The van der Waals surface area contributed by atoms with Crippen LogP contribution in [-0.4, -0.2) is 0 Å². The molecule has 0 amide bonds. The van der Waals surface area contributed by atoms with Gasteiger partial charge in [0.2, 0.25) is 0 Å². The Balaban J connectivity index is 0. The van der Waals surface area contributed by atoms with E-state index in [9.17, 15) is 0 Å². The first-order valence-electron chi connectivity index (χ1n) is 0. The molecular formula is Cu2Ni2O. The third-order valence-corrected chi connectivity index (χ3v) is 0. The molecular weight excluding hydrogens is 260 g/mol. The number of hydrogen-bond acceptors (Lipinski definition) is 0. The van der Waals surface area contributed by atoms with Gasteiger partial charge in [-0.1, -0.05) is 0 Å². The monoisotopic (exact) mass is 258 g/mol. The molecule has 5 heavy (non-hydrogen) atoms. The molecule has 0 atom stereocenters. The van der Waals surface area contributed by atoms with Crippen molar-refractivity contribution >= 4 is 0 Å². The molecule has 0 N–H and O–H groups in total. The maximum Gasteiger partial charge on any atom is 1.00 e. The molecule has 0 saturated heterocycles. The SMILES string of the molecule is [Cu+].[Cu+].[Ni].[Ni].[O-2]. The predicted molar refractivity (Wildman–Crippen MR) is 0.686 cm³/mol. The van der Waals surface area contributed by atoms with Crippen molar-refractivity contribution in [3.05, 3.63) is 0 Å². The van der Waals surface area contributed by atoms with Gasteiger partial charge in [-0.05, 0) is 0 Å². The zero-order chi connectivity index (χ0) is 0. The first-order valence-corrected chi connectivity index (χ1v) is 0. The molecule has 0 aliphatic heterocycles. The minimum Gasteiger partial charge on any atom is -2.00 e. The molecule has 0 aromatic heterocycles. The van der Waals surface area contributed by atoms with Crippen molar-refractivity contribution in [3.63, 3.8) is 0 Å². The third kappa shape index (κ3) is 24.1. The molecule has 0 saturated carbocycles. The summed E-state index contributed by atoms with van der Waals surface area (Å²) in [5.74, 6) is 0. The van der Waals surface area contributed by atoms with Crippen LogP contribution in [0.3, 0.4) is 0 Å². The molecule has 0 radical (unpaired) electrons. The minimum atomic E-state index is 0. The summed E-state index contributed by atoms with van der Waals surface area (Å²) in [6, 6.07) is 0. The Labute approximate surface area is 72.1 Å². The molecule has 0 bridgehead atoms. The van der Waals surface area contributed by atoms with E-state index in [2.05, 4.69) is 0 Å². The van der Waals surface area contributed by atoms with Crippen LogP contribution in [0.2, 0.25) is 0 Å². The van der Waals surface area contributed by atoms with Crippen molar-refractivity contribution < 1.29 is 72.6 Å². The Morgan fingerprint density at radius 3 is 0.600 bits per heavy atom. The Kier molecular flexibility index (Phi) is 479. The molecule has 0 aliphatic carbocycles. The Hall–Kier alpha value is 1.99. The zero-order valence-electron chi connectivity index (χ0n) is 1.64. The fourth-order valence-electron chi connectivity index (χ4n) is 0. The summed E-state index contributed by atoms with van der Waals surface area (Å²) in [7, 11) is 0. The summed E-state index contributed by atoms with van der Waals surface area (Å²) < 4.78 is 0. The van der Waals surface area contributed by atoms with Crippen LogP contribution in [0.25, 0.3) is 0 Å². The fraction of sp³-hybridized carbons (Fsp3) is 0. The van der Waals surface area contributed by atoms with Crippen LogP contribution >= 0.6 is 0 Å². The molecule has 0 heterocycles. The fourth-order valence-corrected chi connectivity index (χ4v) is 0. The van der Waals surface area contributed by atoms with Crippen LogP contribution in [0.5, 0.6) is 0 Å². The van der Waals surface area contributed by atoms with Gasteiger partial charge in [0.25, 0.3) is 0 Å². The van der Waals surface area contributed by atoms with Crippen molar-refractivity contribution in [2.24, 2.45) is 0 Å². The summed E-state index contributed by atoms with van der Waals surface area (Å²) in [5.41, 5.74) is 0. The maximum atomic E-state index is 0. The van der Waals surface area contributed by atoms with E-state index in [1.165, 1.54) is 0 Å². The smallest absolute Gasteiger partial charge is 1.00 e. The van der Waals surface area contributed by atoms with Gasteiger partial charge in [-0.25, -0.2) is 0 Å². The van der Waals surface area contributed by atoms with E-state index in [1.807, 2.05) is 0 Å². The summed E-state index contributed by atoms with van der Waals surface area (Å²) in [4.78, 5) is 0. The maximum absolute atomic E-state index is 0. The van der Waals surface area contributed by atoms with Crippen LogP contribution in [0.4, 0.5) is 0 Å². The Morgan fingerprint density at radius 1 is 0.600 bits per heavy atom. The van der Waals surface area contributed by atoms with E-state index in [-0.39, 0.29) is 72.6 Å². The van der Waals surface area contributed by atoms with E-state index in [0.29, 0.717) is 0 Å². The van der Waals surface area contributed by atoms with Gasteiger partial charge in [0.15, 0.2) is 0 Å². The summed E-state index contributed by atoms with van der Waals surface area (Å²) in [5, 5.41) is 0. The van der Waals surface area contributed by atoms with Gasteiger partial charge < -0.3 is 5.48 Å². The first-order chi connectivity index (χ1) is 0. The topological polar surface area (TPSA) is 28.5 Å². The molecule has 0 spiro atoms. The van der Waals surface area contributed by atoms with E-state index in [4.69, 9.17) is 0 Å². The van der Waals surface area contributed by atoms with E-state index in [0.717, 1.165) is 0 Å². The summed E-state index contributed by atoms with van der Waals surface area (Å²) in [6.45, 7) is 0. The Morgan fingerprint density at radius 2 is 0.600 bits per heavy atom. The molecule has 0 fully saturated rings. The average molecular weight is 260 g/mol. The van der Waals surface area contributed by atoms with Crippen LogP contribution in [-0.2, 0) is 72.6 Å². The first kappa shape index (κ1) is 63.5. The number of rotatable bonds is 0. The second-order valence-electron chi connectivity index (χ2n) is 0. The largest absolute Gasteiger partial charge is 2.00 e. The van der Waals surface area contributed by atoms with Crippen LogP contribution < -0.4 is 0 Å². The molecule has 0 unspecified atom stereocenters. The minimum absolute atomic E-state index is 0. The van der Waals surface area contributed by atoms with Crippen LogP contribution in [0.1, 0.15) is 0 Å². The van der Waals surface area contributed by atoms with E-state index >= 15 is 0 Å². The average Bonchev–Trinajstić information content (AvgIpc) is 0. The van der Waals surface area contributed by atoms with Gasteiger partial charge in [0.05, 0.1) is 0 Å². The molecule has 0 aromatic carbocycles. The van der Waals surface area contributed by atoms with Crippen molar-refractivity contribution in [2.45, 2.75) is 0 Å². The quantitative estimate of drug-likeness (QED) is 0.543.